The van der Waals surface area contributed by atoms with Crippen molar-refractivity contribution in [2.75, 3.05) is 30.9 Å². The maximum Gasteiger partial charge on any atom is 0.304 e. The monoisotopic (exact) mass is 332 g/mol. The van der Waals surface area contributed by atoms with Gasteiger partial charge in [0.25, 0.3) is 0 Å². The molecule has 0 saturated carbocycles. The number of hydrogen-bond acceptors (Lipinski definition) is 3. The highest BCUT2D eigenvalue weighted by Gasteiger charge is 2.34. The summed E-state index contributed by atoms with van der Waals surface area (Å²) in [6.07, 6.45) is 2.71. The molecule has 2 rings (SSSR count). The lowest BCUT2D eigenvalue weighted by molar-refractivity contribution is 0.271. The zero-order valence-corrected chi connectivity index (χ0v) is 13.9. The minimum atomic E-state index is -3.57. The minimum absolute atomic E-state index is 0.126. The van der Waals surface area contributed by atoms with Gasteiger partial charge in [0, 0.05) is 31.6 Å². The fraction of sp³-hybridized carbons (Fsp3) is 0.571. The maximum absolute atomic E-state index is 12.8. The first-order valence-corrected chi connectivity index (χ1v) is 8.89. The summed E-state index contributed by atoms with van der Waals surface area (Å²) in [7, 11) is -0.458. The molecule has 1 aromatic rings. The van der Waals surface area contributed by atoms with E-state index in [9.17, 15) is 8.42 Å². The van der Waals surface area contributed by atoms with E-state index < -0.39 is 10.2 Å². The number of alkyl halides is 1. The van der Waals surface area contributed by atoms with Crippen LogP contribution in [0.4, 0.5) is 5.69 Å². The molecule has 0 bridgehead atoms. The number of anilines is 1. The molecule has 5 nitrogen and oxygen atoms in total. The van der Waals surface area contributed by atoms with Gasteiger partial charge in [-0.25, -0.2) is 0 Å². The summed E-state index contributed by atoms with van der Waals surface area (Å²) < 4.78 is 33.6. The number of rotatable bonds is 5. The van der Waals surface area contributed by atoms with Crippen LogP contribution in [0.2, 0.25) is 0 Å². The van der Waals surface area contributed by atoms with E-state index in [0.717, 1.165) is 19.3 Å². The van der Waals surface area contributed by atoms with Crippen molar-refractivity contribution >= 4 is 27.5 Å². The van der Waals surface area contributed by atoms with E-state index in [4.69, 9.17) is 16.3 Å². The number of methoxy groups -OCH3 is 1. The van der Waals surface area contributed by atoms with Crippen molar-refractivity contribution < 1.29 is 13.2 Å². The average Bonchev–Trinajstić information content (AvgIpc) is 2.54. The van der Waals surface area contributed by atoms with Crippen molar-refractivity contribution in [2.24, 2.45) is 0 Å². The topological polar surface area (TPSA) is 49.9 Å². The van der Waals surface area contributed by atoms with Crippen molar-refractivity contribution in [3.63, 3.8) is 0 Å². The lowest BCUT2D eigenvalue weighted by atomic mass is 10.1. The lowest BCUT2D eigenvalue weighted by Gasteiger charge is -2.36. The van der Waals surface area contributed by atoms with Gasteiger partial charge in [0.2, 0.25) is 0 Å². The van der Waals surface area contributed by atoms with Crippen LogP contribution in [-0.2, 0) is 10.2 Å². The standard InChI is InChI=1S/C14H21ClN2O3S/c1-16(12-7-5-8-14(10-12)20-2)21(18,19)17-9-4-3-6-13(17)11-15/h5,7-8,10,13H,3-4,6,9,11H2,1-2H3. The van der Waals surface area contributed by atoms with E-state index >= 15 is 0 Å². The summed E-state index contributed by atoms with van der Waals surface area (Å²) in [5, 5.41) is 0. The van der Waals surface area contributed by atoms with Gasteiger partial charge in [-0.3, -0.25) is 4.31 Å². The highest BCUT2D eigenvalue weighted by molar-refractivity contribution is 7.90. The van der Waals surface area contributed by atoms with E-state index in [2.05, 4.69) is 0 Å². The second-order valence-corrected chi connectivity index (χ2v) is 7.31. The quantitative estimate of drug-likeness (QED) is 0.778. The van der Waals surface area contributed by atoms with Crippen molar-refractivity contribution in [1.29, 1.82) is 0 Å². The third-order valence-electron chi connectivity index (χ3n) is 3.81. The number of nitrogens with zero attached hydrogens (tertiary/aromatic N) is 2. The molecule has 1 heterocycles. The van der Waals surface area contributed by atoms with E-state index in [1.165, 1.54) is 8.61 Å². The molecule has 1 unspecified atom stereocenters. The van der Waals surface area contributed by atoms with Crippen LogP contribution in [0.5, 0.6) is 5.75 Å². The first kappa shape index (κ1) is 16.4. The lowest BCUT2D eigenvalue weighted by Crippen LogP contribution is -2.50. The van der Waals surface area contributed by atoms with E-state index in [0.29, 0.717) is 23.9 Å². The molecule has 0 N–H and O–H groups in total. The summed E-state index contributed by atoms with van der Waals surface area (Å²) >= 11 is 5.93. The number of halogens is 1. The van der Waals surface area contributed by atoms with Crippen molar-refractivity contribution in [2.45, 2.75) is 25.3 Å². The Morgan fingerprint density at radius 3 is 2.86 bits per heavy atom. The molecule has 0 spiro atoms. The predicted octanol–water partition coefficient (Wildman–Crippen LogP) is 2.47. The molecule has 118 valence electrons. The molecule has 0 amide bonds. The van der Waals surface area contributed by atoms with Crippen molar-refractivity contribution in [1.82, 2.24) is 4.31 Å². The molecule has 1 aliphatic heterocycles. The van der Waals surface area contributed by atoms with Crippen LogP contribution in [0.1, 0.15) is 19.3 Å². The maximum atomic E-state index is 12.8. The van der Waals surface area contributed by atoms with Crippen LogP contribution in [0.25, 0.3) is 0 Å². The van der Waals surface area contributed by atoms with Crippen LogP contribution < -0.4 is 9.04 Å². The van der Waals surface area contributed by atoms with E-state index in [1.807, 2.05) is 0 Å². The zero-order chi connectivity index (χ0) is 15.5. The van der Waals surface area contributed by atoms with Crippen molar-refractivity contribution in [3.8, 4) is 5.75 Å². The van der Waals surface area contributed by atoms with Gasteiger partial charge in [0.15, 0.2) is 0 Å². The first-order valence-electron chi connectivity index (χ1n) is 6.96. The zero-order valence-electron chi connectivity index (χ0n) is 12.3. The smallest absolute Gasteiger partial charge is 0.304 e. The molecule has 1 atom stereocenters. The van der Waals surface area contributed by atoms with Gasteiger partial charge in [0.1, 0.15) is 5.75 Å². The molecular weight excluding hydrogens is 312 g/mol. The van der Waals surface area contributed by atoms with Gasteiger partial charge in [-0.2, -0.15) is 12.7 Å². The van der Waals surface area contributed by atoms with Crippen LogP contribution in [0, 0.1) is 0 Å². The van der Waals surface area contributed by atoms with E-state index in [-0.39, 0.29) is 6.04 Å². The number of benzene rings is 1. The van der Waals surface area contributed by atoms with Crippen LogP contribution in [-0.4, -0.2) is 45.3 Å². The third kappa shape index (κ3) is 3.44. The Bertz CT molecular complexity index is 579. The minimum Gasteiger partial charge on any atom is -0.497 e. The molecule has 7 heteroatoms. The van der Waals surface area contributed by atoms with Gasteiger partial charge < -0.3 is 4.74 Å². The number of hydrogen-bond donors (Lipinski definition) is 0. The Hall–Kier alpha value is -0.980. The SMILES string of the molecule is COc1cccc(N(C)S(=O)(=O)N2CCCCC2CCl)c1. The molecule has 1 aromatic carbocycles. The highest BCUT2D eigenvalue weighted by Crippen LogP contribution is 2.27. The second-order valence-electron chi connectivity index (χ2n) is 5.09. The summed E-state index contributed by atoms with van der Waals surface area (Å²) in [4.78, 5) is 0. The van der Waals surface area contributed by atoms with Gasteiger partial charge in [-0.15, -0.1) is 11.6 Å². The Kier molecular flexibility index (Phi) is 5.35. The molecule has 1 aliphatic rings. The third-order valence-corrected chi connectivity index (χ3v) is 6.14. The Labute approximate surface area is 131 Å². The fourth-order valence-corrected chi connectivity index (χ4v) is 4.54. The van der Waals surface area contributed by atoms with Gasteiger partial charge in [0.05, 0.1) is 12.8 Å². The highest BCUT2D eigenvalue weighted by atomic mass is 35.5. The van der Waals surface area contributed by atoms with Crippen LogP contribution in [0.15, 0.2) is 24.3 Å². The molecule has 1 saturated heterocycles. The summed E-state index contributed by atoms with van der Waals surface area (Å²) in [6.45, 7) is 0.522. The van der Waals surface area contributed by atoms with Crippen molar-refractivity contribution in [3.05, 3.63) is 24.3 Å². The summed E-state index contributed by atoms with van der Waals surface area (Å²) in [6, 6.07) is 6.89. The summed E-state index contributed by atoms with van der Waals surface area (Å²) in [5.41, 5.74) is 0.577. The van der Waals surface area contributed by atoms with E-state index in [1.54, 1.807) is 38.4 Å². The first-order chi connectivity index (χ1) is 10.0. The second kappa shape index (κ2) is 6.85. The Morgan fingerprint density at radius 1 is 1.43 bits per heavy atom. The molecule has 0 radical (unpaired) electrons. The molecule has 1 fully saturated rings. The average molecular weight is 333 g/mol. The Morgan fingerprint density at radius 2 is 2.19 bits per heavy atom. The predicted molar refractivity (Wildman–Crippen MR) is 85.4 cm³/mol. The number of piperidine rings is 1. The normalized spacial score (nSPS) is 20.2. The van der Waals surface area contributed by atoms with Gasteiger partial charge >= 0.3 is 10.2 Å². The van der Waals surface area contributed by atoms with Gasteiger partial charge in [-0.1, -0.05) is 12.5 Å². The molecule has 21 heavy (non-hydrogen) atoms. The molecule has 0 aliphatic carbocycles. The molecule has 0 aromatic heterocycles. The van der Waals surface area contributed by atoms with Gasteiger partial charge in [-0.05, 0) is 25.0 Å². The van der Waals surface area contributed by atoms with Crippen LogP contribution in [0.3, 0.4) is 0 Å². The van der Waals surface area contributed by atoms with Crippen LogP contribution >= 0.6 is 11.6 Å². The number of ether oxygens (including phenoxy) is 1. The fourth-order valence-electron chi connectivity index (χ4n) is 2.53. The Balaban J connectivity index is 2.28. The molecular formula is C14H21ClN2O3S. The largest absolute Gasteiger partial charge is 0.497 e. The summed E-state index contributed by atoms with van der Waals surface area (Å²) in [5.74, 6) is 0.952.